The van der Waals surface area contributed by atoms with E-state index in [1.807, 2.05) is 44.2 Å². The minimum atomic E-state index is -0.802. The van der Waals surface area contributed by atoms with E-state index in [2.05, 4.69) is 25.6 Å². The van der Waals surface area contributed by atoms with Crippen LogP contribution in [0.25, 0.3) is 0 Å². The van der Waals surface area contributed by atoms with Crippen LogP contribution in [0, 0.1) is 5.92 Å². The Balaban J connectivity index is 1.94. The second kappa shape index (κ2) is 10.3. The summed E-state index contributed by atoms with van der Waals surface area (Å²) in [5.41, 5.74) is 4.22. The maximum Gasteiger partial charge on any atom is 0.303 e. The van der Waals surface area contributed by atoms with Gasteiger partial charge in [0.1, 0.15) is 5.75 Å². The number of carbonyl (C=O) groups is 1. The van der Waals surface area contributed by atoms with E-state index in [9.17, 15) is 4.79 Å². The lowest BCUT2D eigenvalue weighted by molar-refractivity contribution is -0.136. The van der Waals surface area contributed by atoms with Gasteiger partial charge in [0.2, 0.25) is 0 Å². The van der Waals surface area contributed by atoms with Crippen LogP contribution in [0.4, 0.5) is 0 Å². The summed E-state index contributed by atoms with van der Waals surface area (Å²) in [6.07, 6.45) is 1.29. The highest BCUT2D eigenvalue weighted by atomic mass is 35.5. The average molecular weight is 443 g/mol. The molecule has 1 saturated heterocycles. The first kappa shape index (κ1) is 23.4. The summed E-state index contributed by atoms with van der Waals surface area (Å²) in [5, 5.41) is 9.79. The SMILES string of the molecule is C=C(C)[C@H]1C[C@H](c2ccc(Cl)cc2)[C@H](C)O[C@@H]1c1cc(CCC(=O)O)ccc1OCC. The molecule has 0 aromatic heterocycles. The van der Waals surface area contributed by atoms with Crippen molar-refractivity contribution in [2.45, 2.75) is 58.2 Å². The minimum absolute atomic E-state index is 0.000993. The van der Waals surface area contributed by atoms with Gasteiger partial charge in [-0.05, 0) is 69.0 Å². The van der Waals surface area contributed by atoms with Gasteiger partial charge in [0.15, 0.2) is 0 Å². The molecule has 31 heavy (non-hydrogen) atoms. The molecule has 1 aliphatic rings. The van der Waals surface area contributed by atoms with Crippen molar-refractivity contribution in [3.63, 3.8) is 0 Å². The fourth-order valence-electron chi connectivity index (χ4n) is 4.39. The van der Waals surface area contributed by atoms with Crippen molar-refractivity contribution in [3.8, 4) is 5.75 Å². The first-order valence-corrected chi connectivity index (χ1v) is 11.2. The Hall–Kier alpha value is -2.30. The zero-order chi connectivity index (χ0) is 22.5. The second-order valence-electron chi connectivity index (χ2n) is 8.31. The summed E-state index contributed by atoms with van der Waals surface area (Å²) in [4.78, 5) is 11.0. The number of carboxylic acid groups (broad SMARTS) is 1. The van der Waals surface area contributed by atoms with Crippen LogP contribution >= 0.6 is 11.6 Å². The number of aryl methyl sites for hydroxylation is 1. The quantitative estimate of drug-likeness (QED) is 0.469. The standard InChI is InChI=1S/C26H31ClO4/c1-5-30-24-12-6-18(7-13-25(28)29)14-23(24)26-21(16(2)3)15-22(17(4)31-26)19-8-10-20(27)11-9-19/h6,8-12,14,17,21-22,26H,2,5,7,13,15H2,1,3-4H3,(H,28,29)/t17-,21+,22-,26-/m0/s1. The van der Waals surface area contributed by atoms with E-state index >= 15 is 0 Å². The highest BCUT2D eigenvalue weighted by Gasteiger charge is 2.39. The molecule has 2 aromatic carbocycles. The van der Waals surface area contributed by atoms with E-state index in [1.54, 1.807) is 0 Å². The molecule has 4 atom stereocenters. The van der Waals surface area contributed by atoms with E-state index in [0.29, 0.717) is 13.0 Å². The Kier molecular flexibility index (Phi) is 7.79. The molecule has 1 heterocycles. The molecular formula is C26H31ClO4. The molecule has 1 fully saturated rings. The average Bonchev–Trinajstić information content (AvgIpc) is 2.73. The topological polar surface area (TPSA) is 55.8 Å². The van der Waals surface area contributed by atoms with Crippen molar-refractivity contribution < 1.29 is 19.4 Å². The van der Waals surface area contributed by atoms with Crippen LogP contribution in [-0.2, 0) is 16.0 Å². The smallest absolute Gasteiger partial charge is 0.303 e. The van der Waals surface area contributed by atoms with E-state index < -0.39 is 5.97 Å². The molecule has 0 saturated carbocycles. The number of ether oxygens (including phenoxy) is 2. The van der Waals surface area contributed by atoms with E-state index in [0.717, 1.165) is 33.9 Å². The summed E-state index contributed by atoms with van der Waals surface area (Å²) in [6, 6.07) is 13.9. The minimum Gasteiger partial charge on any atom is -0.493 e. The molecule has 3 rings (SSSR count). The van der Waals surface area contributed by atoms with Gasteiger partial charge in [0.05, 0.1) is 18.8 Å². The number of rotatable bonds is 8. The number of aliphatic carboxylic acids is 1. The lowest BCUT2D eigenvalue weighted by Crippen LogP contribution is -2.34. The van der Waals surface area contributed by atoms with Crippen molar-refractivity contribution in [1.29, 1.82) is 0 Å². The first-order valence-electron chi connectivity index (χ1n) is 10.8. The molecule has 2 aromatic rings. The Morgan fingerprint density at radius 2 is 1.97 bits per heavy atom. The highest BCUT2D eigenvalue weighted by Crippen LogP contribution is 2.48. The molecule has 0 unspecified atom stereocenters. The van der Waals surface area contributed by atoms with Gasteiger partial charge in [-0.3, -0.25) is 4.79 Å². The molecule has 0 bridgehead atoms. The Morgan fingerprint density at radius 3 is 2.58 bits per heavy atom. The molecule has 0 amide bonds. The third-order valence-electron chi connectivity index (χ3n) is 6.04. The Morgan fingerprint density at radius 1 is 1.26 bits per heavy atom. The van der Waals surface area contributed by atoms with Gasteiger partial charge in [0.25, 0.3) is 0 Å². The van der Waals surface area contributed by atoms with Gasteiger partial charge in [-0.25, -0.2) is 0 Å². The molecule has 1 N–H and O–H groups in total. The van der Waals surface area contributed by atoms with E-state index in [1.165, 1.54) is 5.56 Å². The van der Waals surface area contributed by atoms with E-state index in [4.69, 9.17) is 26.2 Å². The van der Waals surface area contributed by atoms with Gasteiger partial charge < -0.3 is 14.6 Å². The molecule has 4 nitrogen and oxygen atoms in total. The van der Waals surface area contributed by atoms with Gasteiger partial charge in [-0.1, -0.05) is 42.0 Å². The van der Waals surface area contributed by atoms with Gasteiger partial charge >= 0.3 is 5.97 Å². The predicted molar refractivity (Wildman–Crippen MR) is 124 cm³/mol. The summed E-state index contributed by atoms with van der Waals surface area (Å²) in [7, 11) is 0. The maximum absolute atomic E-state index is 11.0. The van der Waals surface area contributed by atoms with Crippen molar-refractivity contribution in [3.05, 3.63) is 76.3 Å². The lowest BCUT2D eigenvalue weighted by atomic mass is 9.75. The van der Waals surface area contributed by atoms with Gasteiger partial charge in [0, 0.05) is 28.8 Å². The summed E-state index contributed by atoms with van der Waals surface area (Å²) >= 11 is 6.08. The van der Waals surface area contributed by atoms with E-state index in [-0.39, 0.29) is 30.5 Å². The Bertz CT molecular complexity index is 922. The van der Waals surface area contributed by atoms with Gasteiger partial charge in [-0.15, -0.1) is 0 Å². The highest BCUT2D eigenvalue weighted by molar-refractivity contribution is 6.30. The number of hydrogen-bond acceptors (Lipinski definition) is 3. The summed E-state index contributed by atoms with van der Waals surface area (Å²) in [5.74, 6) is 0.338. The third-order valence-corrected chi connectivity index (χ3v) is 6.29. The van der Waals surface area contributed by atoms with Crippen LogP contribution in [0.15, 0.2) is 54.6 Å². The fraction of sp³-hybridized carbons (Fsp3) is 0.423. The van der Waals surface area contributed by atoms with Crippen LogP contribution in [-0.4, -0.2) is 23.8 Å². The second-order valence-corrected chi connectivity index (χ2v) is 8.74. The molecule has 166 valence electrons. The molecule has 1 aliphatic heterocycles. The van der Waals surface area contributed by atoms with Crippen molar-refractivity contribution in [2.75, 3.05) is 6.61 Å². The molecule has 0 spiro atoms. The first-order chi connectivity index (χ1) is 14.8. The number of hydrogen-bond donors (Lipinski definition) is 1. The van der Waals surface area contributed by atoms with Crippen LogP contribution in [0.3, 0.4) is 0 Å². The lowest BCUT2D eigenvalue weighted by Gasteiger charge is -2.42. The number of carboxylic acids is 1. The van der Waals surface area contributed by atoms with Crippen molar-refractivity contribution in [2.24, 2.45) is 5.92 Å². The van der Waals surface area contributed by atoms with Crippen LogP contribution in [0.1, 0.15) is 62.3 Å². The monoisotopic (exact) mass is 442 g/mol. The van der Waals surface area contributed by atoms with Gasteiger partial charge in [-0.2, -0.15) is 0 Å². The predicted octanol–water partition coefficient (Wildman–Crippen LogP) is 6.58. The van der Waals surface area contributed by atoms with Crippen LogP contribution in [0.5, 0.6) is 5.75 Å². The zero-order valence-corrected chi connectivity index (χ0v) is 19.2. The van der Waals surface area contributed by atoms with Crippen molar-refractivity contribution in [1.82, 2.24) is 0 Å². The molecule has 5 heteroatoms. The fourth-order valence-corrected chi connectivity index (χ4v) is 4.52. The molecule has 0 radical (unpaired) electrons. The number of benzene rings is 2. The van der Waals surface area contributed by atoms with Crippen molar-refractivity contribution >= 4 is 17.6 Å². The zero-order valence-electron chi connectivity index (χ0n) is 18.4. The maximum atomic E-state index is 11.0. The van der Waals surface area contributed by atoms with Crippen LogP contribution in [0.2, 0.25) is 5.02 Å². The Labute approximate surface area is 189 Å². The largest absolute Gasteiger partial charge is 0.493 e. The number of halogens is 1. The molecular weight excluding hydrogens is 412 g/mol. The molecule has 0 aliphatic carbocycles. The summed E-state index contributed by atoms with van der Waals surface area (Å²) in [6.45, 7) is 10.9. The normalized spacial score (nSPS) is 23.4. The van der Waals surface area contributed by atoms with Crippen LogP contribution < -0.4 is 4.74 Å². The summed E-state index contributed by atoms with van der Waals surface area (Å²) < 4.78 is 12.5. The third kappa shape index (κ3) is 5.69.